The van der Waals surface area contributed by atoms with Crippen molar-refractivity contribution < 1.29 is 15.0 Å². The lowest BCUT2D eigenvalue weighted by atomic mass is 10.0. The predicted octanol–water partition coefficient (Wildman–Crippen LogP) is 0.811. The van der Waals surface area contributed by atoms with Gasteiger partial charge in [-0.05, 0) is 18.1 Å². The Bertz CT molecular complexity index is 384. The molecule has 0 radical (unpaired) electrons. The standard InChI is InChI=1S/C12H18N2O3/c1-7(2)8(6-13)14-12(17)11-9(15)4-3-5-10(11)16/h3-5,7-8,15-16H,6,13H2,1-2H3,(H,14,17). The van der Waals surface area contributed by atoms with Gasteiger partial charge in [0.1, 0.15) is 17.1 Å². The van der Waals surface area contributed by atoms with Gasteiger partial charge in [0.05, 0.1) is 0 Å². The third-order valence-electron chi connectivity index (χ3n) is 2.62. The van der Waals surface area contributed by atoms with Gasteiger partial charge in [0.25, 0.3) is 5.91 Å². The molecule has 0 fully saturated rings. The summed E-state index contributed by atoms with van der Waals surface area (Å²) in [7, 11) is 0. The normalized spacial score (nSPS) is 12.5. The molecule has 0 saturated heterocycles. The highest BCUT2D eigenvalue weighted by molar-refractivity contribution is 5.99. The number of amides is 1. The molecule has 0 aliphatic carbocycles. The fourth-order valence-electron chi connectivity index (χ4n) is 1.50. The molecule has 1 unspecified atom stereocenters. The summed E-state index contributed by atoms with van der Waals surface area (Å²) in [5, 5.41) is 21.7. The first-order valence-electron chi connectivity index (χ1n) is 5.49. The number of phenols is 2. The van der Waals surface area contributed by atoms with Crippen LogP contribution in [0, 0.1) is 5.92 Å². The number of phenolic OH excluding ortho intramolecular Hbond substituents is 2. The van der Waals surface area contributed by atoms with E-state index in [-0.39, 0.29) is 29.0 Å². The molecule has 5 N–H and O–H groups in total. The van der Waals surface area contributed by atoms with Crippen molar-refractivity contribution in [3.63, 3.8) is 0 Å². The number of carbonyl (C=O) groups is 1. The summed E-state index contributed by atoms with van der Waals surface area (Å²) < 4.78 is 0. The second-order valence-electron chi connectivity index (χ2n) is 4.23. The number of carbonyl (C=O) groups excluding carboxylic acids is 1. The Morgan fingerprint density at radius 2 is 1.88 bits per heavy atom. The van der Waals surface area contributed by atoms with Gasteiger partial charge < -0.3 is 21.3 Å². The van der Waals surface area contributed by atoms with Crippen molar-refractivity contribution in [1.82, 2.24) is 5.32 Å². The quantitative estimate of drug-likeness (QED) is 0.624. The monoisotopic (exact) mass is 238 g/mol. The summed E-state index contributed by atoms with van der Waals surface area (Å²) in [6.45, 7) is 4.17. The molecule has 1 aromatic rings. The lowest BCUT2D eigenvalue weighted by molar-refractivity contribution is 0.0922. The van der Waals surface area contributed by atoms with Crippen LogP contribution in [0.4, 0.5) is 0 Å². The highest BCUT2D eigenvalue weighted by Crippen LogP contribution is 2.26. The van der Waals surface area contributed by atoms with Crippen molar-refractivity contribution in [3.8, 4) is 11.5 Å². The van der Waals surface area contributed by atoms with Gasteiger partial charge >= 0.3 is 0 Å². The van der Waals surface area contributed by atoms with Crippen LogP contribution in [0.25, 0.3) is 0 Å². The largest absolute Gasteiger partial charge is 0.507 e. The van der Waals surface area contributed by atoms with E-state index in [4.69, 9.17) is 5.73 Å². The van der Waals surface area contributed by atoms with Crippen molar-refractivity contribution in [2.24, 2.45) is 11.7 Å². The zero-order valence-corrected chi connectivity index (χ0v) is 9.97. The molecule has 0 spiro atoms. The topological polar surface area (TPSA) is 95.6 Å². The molecule has 1 atom stereocenters. The van der Waals surface area contributed by atoms with Crippen molar-refractivity contribution in [2.45, 2.75) is 19.9 Å². The molecule has 94 valence electrons. The number of nitrogens with two attached hydrogens (primary N) is 1. The van der Waals surface area contributed by atoms with Gasteiger partial charge in [-0.25, -0.2) is 0 Å². The SMILES string of the molecule is CC(C)C(CN)NC(=O)c1c(O)cccc1O. The summed E-state index contributed by atoms with van der Waals surface area (Å²) in [4.78, 5) is 11.9. The number of aromatic hydroxyl groups is 2. The molecule has 1 rings (SSSR count). The van der Waals surface area contributed by atoms with Crippen LogP contribution >= 0.6 is 0 Å². The predicted molar refractivity (Wildman–Crippen MR) is 64.9 cm³/mol. The number of hydrogen-bond donors (Lipinski definition) is 4. The van der Waals surface area contributed by atoms with Gasteiger partial charge in [-0.15, -0.1) is 0 Å². The molecular weight excluding hydrogens is 220 g/mol. The van der Waals surface area contributed by atoms with Crippen LogP contribution < -0.4 is 11.1 Å². The summed E-state index contributed by atoms with van der Waals surface area (Å²) in [6.07, 6.45) is 0. The van der Waals surface area contributed by atoms with E-state index in [9.17, 15) is 15.0 Å². The maximum atomic E-state index is 11.9. The fourth-order valence-corrected chi connectivity index (χ4v) is 1.50. The van der Waals surface area contributed by atoms with Gasteiger partial charge in [0.15, 0.2) is 0 Å². The Hall–Kier alpha value is -1.75. The molecule has 0 heterocycles. The van der Waals surface area contributed by atoms with E-state index in [0.29, 0.717) is 6.54 Å². The van der Waals surface area contributed by atoms with E-state index < -0.39 is 5.91 Å². The summed E-state index contributed by atoms with van der Waals surface area (Å²) in [5.41, 5.74) is 5.42. The van der Waals surface area contributed by atoms with E-state index in [1.54, 1.807) is 0 Å². The molecule has 1 aromatic carbocycles. The van der Waals surface area contributed by atoms with Crippen LogP contribution in [0.2, 0.25) is 0 Å². The smallest absolute Gasteiger partial charge is 0.259 e. The van der Waals surface area contributed by atoms with Crippen LogP contribution in [0.5, 0.6) is 11.5 Å². The Labute approximate surface area is 100 Å². The maximum Gasteiger partial charge on any atom is 0.259 e. The van der Waals surface area contributed by atoms with Crippen molar-refractivity contribution in [1.29, 1.82) is 0 Å². The van der Waals surface area contributed by atoms with Crippen LogP contribution in [-0.2, 0) is 0 Å². The minimum Gasteiger partial charge on any atom is -0.507 e. The molecule has 0 saturated carbocycles. The van der Waals surface area contributed by atoms with Crippen LogP contribution in [-0.4, -0.2) is 28.7 Å². The number of rotatable bonds is 4. The number of hydrogen-bond acceptors (Lipinski definition) is 4. The zero-order valence-electron chi connectivity index (χ0n) is 9.97. The van der Waals surface area contributed by atoms with Crippen molar-refractivity contribution >= 4 is 5.91 Å². The first kappa shape index (κ1) is 13.3. The minimum atomic E-state index is -0.523. The van der Waals surface area contributed by atoms with Crippen molar-refractivity contribution in [3.05, 3.63) is 23.8 Å². The number of nitrogens with one attached hydrogen (secondary N) is 1. The van der Waals surface area contributed by atoms with E-state index in [2.05, 4.69) is 5.32 Å². The lowest BCUT2D eigenvalue weighted by Crippen LogP contribution is -2.43. The van der Waals surface area contributed by atoms with E-state index in [0.717, 1.165) is 0 Å². The lowest BCUT2D eigenvalue weighted by Gasteiger charge is -2.20. The first-order valence-corrected chi connectivity index (χ1v) is 5.49. The Morgan fingerprint density at radius 1 is 1.35 bits per heavy atom. The minimum absolute atomic E-state index is 0.119. The molecule has 5 heteroatoms. The Morgan fingerprint density at radius 3 is 2.29 bits per heavy atom. The van der Waals surface area contributed by atoms with E-state index in [1.807, 2.05) is 13.8 Å². The van der Waals surface area contributed by atoms with Gasteiger partial charge in [0.2, 0.25) is 0 Å². The Kier molecular flexibility index (Phi) is 4.34. The van der Waals surface area contributed by atoms with E-state index in [1.165, 1.54) is 18.2 Å². The average Bonchev–Trinajstić information content (AvgIpc) is 2.25. The van der Waals surface area contributed by atoms with Crippen molar-refractivity contribution in [2.75, 3.05) is 6.54 Å². The van der Waals surface area contributed by atoms with Gasteiger partial charge in [0, 0.05) is 12.6 Å². The van der Waals surface area contributed by atoms with Gasteiger partial charge in [-0.2, -0.15) is 0 Å². The highest BCUT2D eigenvalue weighted by Gasteiger charge is 2.20. The molecule has 5 nitrogen and oxygen atoms in total. The van der Waals surface area contributed by atoms with Crippen LogP contribution in [0.3, 0.4) is 0 Å². The molecule has 0 aliphatic rings. The number of benzene rings is 1. The first-order chi connectivity index (χ1) is 7.97. The molecule has 17 heavy (non-hydrogen) atoms. The third-order valence-corrected chi connectivity index (χ3v) is 2.62. The maximum absolute atomic E-state index is 11.9. The highest BCUT2D eigenvalue weighted by atomic mass is 16.3. The van der Waals surface area contributed by atoms with Crippen LogP contribution in [0.15, 0.2) is 18.2 Å². The summed E-state index contributed by atoms with van der Waals surface area (Å²) >= 11 is 0. The second kappa shape index (κ2) is 5.54. The summed E-state index contributed by atoms with van der Waals surface area (Å²) in [6, 6.07) is 3.97. The van der Waals surface area contributed by atoms with Gasteiger partial charge in [-0.1, -0.05) is 19.9 Å². The zero-order chi connectivity index (χ0) is 13.0. The summed E-state index contributed by atoms with van der Waals surface area (Å²) in [5.74, 6) is -0.842. The van der Waals surface area contributed by atoms with E-state index >= 15 is 0 Å². The Balaban J connectivity index is 2.90. The molecular formula is C12H18N2O3. The van der Waals surface area contributed by atoms with Crippen LogP contribution in [0.1, 0.15) is 24.2 Å². The second-order valence-corrected chi connectivity index (χ2v) is 4.23. The molecule has 0 aromatic heterocycles. The fraction of sp³-hybridized carbons (Fsp3) is 0.417. The van der Waals surface area contributed by atoms with Gasteiger partial charge in [-0.3, -0.25) is 4.79 Å². The third kappa shape index (κ3) is 3.10. The molecule has 0 bridgehead atoms. The molecule has 0 aliphatic heterocycles. The molecule has 1 amide bonds. The average molecular weight is 238 g/mol.